The number of aryl methyl sites for hydroxylation is 2. The van der Waals surface area contributed by atoms with Crippen LogP contribution in [0.2, 0.25) is 5.02 Å². The van der Waals surface area contributed by atoms with Crippen molar-refractivity contribution in [2.45, 2.75) is 40.2 Å². The molecule has 2 aromatic rings. The first-order valence-corrected chi connectivity index (χ1v) is 8.45. The zero-order valence-corrected chi connectivity index (χ0v) is 15.9. The highest BCUT2D eigenvalue weighted by molar-refractivity contribution is 6.30. The molecule has 1 N–H and O–H groups in total. The molecule has 0 aliphatic heterocycles. The fourth-order valence-electron chi connectivity index (χ4n) is 2.52. The summed E-state index contributed by atoms with van der Waals surface area (Å²) in [4.78, 5) is 25.5. The molecule has 0 aliphatic carbocycles. The molecule has 0 spiro atoms. The number of hydrogen-bond acceptors (Lipinski definition) is 2. The molecule has 2 aromatic carbocycles. The normalized spacial score (nSPS) is 11.1. The summed E-state index contributed by atoms with van der Waals surface area (Å²) >= 11 is 5.86. The summed E-state index contributed by atoms with van der Waals surface area (Å²) < 4.78 is 0. The van der Waals surface area contributed by atoms with Gasteiger partial charge in [-0.25, -0.2) is 5.01 Å². The Balaban J connectivity index is 2.31. The van der Waals surface area contributed by atoms with Crippen LogP contribution in [-0.4, -0.2) is 22.4 Å². The van der Waals surface area contributed by atoms with Crippen LogP contribution in [0.3, 0.4) is 0 Å². The largest absolute Gasteiger partial charge is 0.272 e. The van der Waals surface area contributed by atoms with E-state index in [4.69, 9.17) is 11.6 Å². The van der Waals surface area contributed by atoms with Gasteiger partial charge in [0, 0.05) is 16.1 Å². The van der Waals surface area contributed by atoms with Crippen LogP contribution >= 0.6 is 11.6 Å². The van der Waals surface area contributed by atoms with Crippen LogP contribution in [0.4, 0.5) is 0 Å². The van der Waals surface area contributed by atoms with Crippen LogP contribution in [0, 0.1) is 13.8 Å². The molecule has 0 unspecified atom stereocenters. The molecule has 132 valence electrons. The lowest BCUT2D eigenvalue weighted by atomic mass is 10.0. The van der Waals surface area contributed by atoms with E-state index in [1.54, 1.807) is 24.3 Å². The predicted octanol–water partition coefficient (Wildman–Crippen LogP) is 4.54. The van der Waals surface area contributed by atoms with Crippen molar-refractivity contribution < 1.29 is 9.59 Å². The first kappa shape index (κ1) is 19.0. The molecule has 0 aliphatic rings. The summed E-state index contributed by atoms with van der Waals surface area (Å²) in [5.41, 5.74) is 5.13. The Bertz CT molecular complexity index is 772. The maximum atomic E-state index is 13.0. The van der Waals surface area contributed by atoms with E-state index >= 15 is 0 Å². The van der Waals surface area contributed by atoms with Crippen LogP contribution in [0.25, 0.3) is 0 Å². The average molecular weight is 359 g/mol. The quantitative estimate of drug-likeness (QED) is 0.801. The number of rotatable bonds is 2. The van der Waals surface area contributed by atoms with Gasteiger partial charge >= 0.3 is 0 Å². The molecular weight excluding hydrogens is 336 g/mol. The fraction of sp³-hybridized carbons (Fsp3) is 0.300. The lowest BCUT2D eigenvalue weighted by Gasteiger charge is -2.35. The highest BCUT2D eigenvalue weighted by Gasteiger charge is 2.29. The Morgan fingerprint density at radius 3 is 1.92 bits per heavy atom. The Hall–Kier alpha value is -2.33. The predicted molar refractivity (Wildman–Crippen MR) is 101 cm³/mol. The average Bonchev–Trinajstić information content (AvgIpc) is 2.50. The zero-order valence-electron chi connectivity index (χ0n) is 15.2. The molecule has 2 rings (SSSR count). The third-order valence-electron chi connectivity index (χ3n) is 3.66. The van der Waals surface area contributed by atoms with Gasteiger partial charge < -0.3 is 0 Å². The topological polar surface area (TPSA) is 49.4 Å². The lowest BCUT2D eigenvalue weighted by Crippen LogP contribution is -2.55. The van der Waals surface area contributed by atoms with E-state index in [0.717, 1.165) is 11.1 Å². The summed E-state index contributed by atoms with van der Waals surface area (Å²) in [6.07, 6.45) is 0. The van der Waals surface area contributed by atoms with Gasteiger partial charge in [-0.2, -0.15) is 0 Å². The molecule has 0 aromatic heterocycles. The summed E-state index contributed by atoms with van der Waals surface area (Å²) in [7, 11) is 0. The van der Waals surface area contributed by atoms with Crippen molar-refractivity contribution in [3.05, 3.63) is 69.7 Å². The van der Waals surface area contributed by atoms with Crippen LogP contribution in [0.1, 0.15) is 52.6 Å². The van der Waals surface area contributed by atoms with Crippen molar-refractivity contribution in [1.82, 2.24) is 10.4 Å². The van der Waals surface area contributed by atoms with Crippen molar-refractivity contribution >= 4 is 23.4 Å². The van der Waals surface area contributed by atoms with Gasteiger partial charge in [0.1, 0.15) is 0 Å². The summed E-state index contributed by atoms with van der Waals surface area (Å²) in [5.74, 6) is -0.606. The molecule has 4 nitrogen and oxygen atoms in total. The van der Waals surface area contributed by atoms with Crippen LogP contribution in [0.5, 0.6) is 0 Å². The number of hydrogen-bond donors (Lipinski definition) is 1. The minimum absolute atomic E-state index is 0.249. The summed E-state index contributed by atoms with van der Waals surface area (Å²) in [6.45, 7) is 9.50. The number of carbonyl (C=O) groups excluding carboxylic acids is 2. The SMILES string of the molecule is Cc1cc(C)cc(C(=O)N(NC(=O)c2ccc(Cl)cc2)C(C)(C)C)c1. The standard InChI is InChI=1S/C20H23ClN2O2/c1-13-10-14(2)12-16(11-13)19(25)23(20(3,4)5)22-18(24)15-6-8-17(21)9-7-15/h6-12H,1-5H3,(H,22,24). The van der Waals surface area contributed by atoms with E-state index < -0.39 is 5.54 Å². The third-order valence-corrected chi connectivity index (χ3v) is 3.91. The highest BCUT2D eigenvalue weighted by atomic mass is 35.5. The molecule has 0 saturated heterocycles. The summed E-state index contributed by atoms with van der Waals surface area (Å²) in [6, 6.07) is 12.2. The van der Waals surface area contributed by atoms with Gasteiger partial charge in [0.25, 0.3) is 11.8 Å². The van der Waals surface area contributed by atoms with Crippen LogP contribution < -0.4 is 5.43 Å². The molecule has 0 fully saturated rings. The Morgan fingerprint density at radius 2 is 1.44 bits per heavy atom. The maximum Gasteiger partial charge on any atom is 0.272 e. The first-order valence-electron chi connectivity index (χ1n) is 8.07. The van der Waals surface area contributed by atoms with Crippen LogP contribution in [-0.2, 0) is 0 Å². The molecule has 25 heavy (non-hydrogen) atoms. The van der Waals surface area contributed by atoms with E-state index in [9.17, 15) is 9.59 Å². The Morgan fingerprint density at radius 1 is 0.920 bits per heavy atom. The van der Waals surface area contributed by atoms with E-state index in [0.29, 0.717) is 16.1 Å². The number of hydrazine groups is 1. The maximum absolute atomic E-state index is 13.0. The molecule has 0 saturated carbocycles. The Labute approximate surface area is 153 Å². The van der Waals surface area contributed by atoms with Crippen molar-refractivity contribution in [2.75, 3.05) is 0 Å². The number of amides is 2. The molecule has 0 heterocycles. The van der Waals surface area contributed by atoms with E-state index in [1.165, 1.54) is 5.01 Å². The smallest absolute Gasteiger partial charge is 0.267 e. The second kappa shape index (κ2) is 7.28. The number of nitrogens with zero attached hydrogens (tertiary/aromatic N) is 1. The molecule has 0 bridgehead atoms. The fourth-order valence-corrected chi connectivity index (χ4v) is 2.64. The van der Waals surface area contributed by atoms with Crippen molar-refractivity contribution in [1.29, 1.82) is 0 Å². The highest BCUT2D eigenvalue weighted by Crippen LogP contribution is 2.18. The van der Waals surface area contributed by atoms with Gasteiger partial charge in [-0.15, -0.1) is 0 Å². The number of halogens is 1. The minimum atomic E-state index is -0.586. The summed E-state index contributed by atoms with van der Waals surface area (Å²) in [5, 5.41) is 1.92. The van der Waals surface area contributed by atoms with E-state index in [1.807, 2.05) is 52.8 Å². The molecule has 0 radical (unpaired) electrons. The second-order valence-electron chi connectivity index (χ2n) is 7.14. The van der Waals surface area contributed by atoms with E-state index in [2.05, 4.69) is 5.43 Å². The third kappa shape index (κ3) is 4.83. The van der Waals surface area contributed by atoms with Crippen molar-refractivity contribution in [3.8, 4) is 0 Å². The first-order chi connectivity index (χ1) is 11.6. The zero-order chi connectivity index (χ0) is 18.8. The monoisotopic (exact) mass is 358 g/mol. The molecular formula is C20H23ClN2O2. The van der Waals surface area contributed by atoms with Crippen LogP contribution in [0.15, 0.2) is 42.5 Å². The van der Waals surface area contributed by atoms with Gasteiger partial charge in [-0.1, -0.05) is 28.8 Å². The van der Waals surface area contributed by atoms with Gasteiger partial charge in [-0.05, 0) is 71.0 Å². The van der Waals surface area contributed by atoms with Gasteiger partial charge in [0.2, 0.25) is 0 Å². The lowest BCUT2D eigenvalue weighted by molar-refractivity contribution is 0.0358. The Kier molecular flexibility index (Phi) is 5.53. The second-order valence-corrected chi connectivity index (χ2v) is 7.57. The number of benzene rings is 2. The molecule has 0 atom stereocenters. The van der Waals surface area contributed by atoms with Crippen molar-refractivity contribution in [2.24, 2.45) is 0 Å². The molecule has 2 amide bonds. The van der Waals surface area contributed by atoms with E-state index in [-0.39, 0.29) is 11.8 Å². The van der Waals surface area contributed by atoms with Gasteiger partial charge in [0.05, 0.1) is 5.54 Å². The van der Waals surface area contributed by atoms with Crippen molar-refractivity contribution in [3.63, 3.8) is 0 Å². The van der Waals surface area contributed by atoms with Gasteiger partial charge in [-0.3, -0.25) is 15.0 Å². The minimum Gasteiger partial charge on any atom is -0.267 e. The number of carbonyl (C=O) groups is 2. The number of nitrogens with one attached hydrogen (secondary N) is 1. The molecule has 5 heteroatoms. The van der Waals surface area contributed by atoms with Gasteiger partial charge in [0.15, 0.2) is 0 Å².